The van der Waals surface area contributed by atoms with Crippen LogP contribution in [0.15, 0.2) is 24.5 Å². The van der Waals surface area contributed by atoms with Crippen LogP contribution in [0.3, 0.4) is 0 Å². The van der Waals surface area contributed by atoms with E-state index in [9.17, 15) is 4.79 Å². The molecule has 0 radical (unpaired) electrons. The number of hydrogen-bond donors (Lipinski definition) is 1. The van der Waals surface area contributed by atoms with Gasteiger partial charge in [0.15, 0.2) is 5.69 Å². The summed E-state index contributed by atoms with van der Waals surface area (Å²) < 4.78 is 6.68. The molecule has 2 rings (SSSR count). The summed E-state index contributed by atoms with van der Waals surface area (Å²) in [6, 6.07) is 3.64. The van der Waals surface area contributed by atoms with Crippen LogP contribution in [0, 0.1) is 6.92 Å². The topological polar surface area (TPSA) is 69.0 Å². The highest BCUT2D eigenvalue weighted by molar-refractivity contribution is 5.94. The van der Waals surface area contributed by atoms with Crippen LogP contribution in [0.5, 0.6) is 0 Å². The zero-order chi connectivity index (χ0) is 13.8. The summed E-state index contributed by atoms with van der Waals surface area (Å²) in [4.78, 5) is 16.1. The van der Waals surface area contributed by atoms with Crippen molar-refractivity contribution < 1.29 is 9.53 Å². The number of esters is 1. The van der Waals surface area contributed by atoms with E-state index in [1.807, 2.05) is 32.3 Å². The molecule has 0 atom stereocenters. The normalized spacial score (nSPS) is 10.3. The van der Waals surface area contributed by atoms with E-state index in [0.717, 1.165) is 11.4 Å². The van der Waals surface area contributed by atoms with Crippen molar-refractivity contribution in [2.45, 2.75) is 13.8 Å². The fraction of sp³-hybridized carbons (Fsp3) is 0.308. The van der Waals surface area contributed by atoms with Gasteiger partial charge in [-0.05, 0) is 26.0 Å². The van der Waals surface area contributed by atoms with Gasteiger partial charge in [-0.15, -0.1) is 0 Å². The predicted molar refractivity (Wildman–Crippen MR) is 71.4 cm³/mol. The maximum absolute atomic E-state index is 11.9. The molecule has 2 aromatic rings. The zero-order valence-electron chi connectivity index (χ0n) is 11.2. The van der Waals surface area contributed by atoms with E-state index in [2.05, 4.69) is 15.4 Å². The van der Waals surface area contributed by atoms with Crippen molar-refractivity contribution in [3.63, 3.8) is 0 Å². The van der Waals surface area contributed by atoms with E-state index in [4.69, 9.17) is 4.74 Å². The second kappa shape index (κ2) is 5.51. The Bertz CT molecular complexity index is 592. The van der Waals surface area contributed by atoms with Crippen LogP contribution in [0.4, 0.5) is 11.4 Å². The highest BCUT2D eigenvalue weighted by Crippen LogP contribution is 2.20. The highest BCUT2D eigenvalue weighted by atomic mass is 16.5. The van der Waals surface area contributed by atoms with Gasteiger partial charge in [0.1, 0.15) is 0 Å². The van der Waals surface area contributed by atoms with Crippen molar-refractivity contribution in [1.82, 2.24) is 14.8 Å². The molecule has 0 saturated carbocycles. The highest BCUT2D eigenvalue weighted by Gasteiger charge is 2.15. The van der Waals surface area contributed by atoms with Crippen LogP contribution < -0.4 is 5.32 Å². The molecule has 2 aromatic heterocycles. The van der Waals surface area contributed by atoms with Gasteiger partial charge in [-0.1, -0.05) is 0 Å². The Hall–Kier alpha value is -2.37. The smallest absolute Gasteiger partial charge is 0.359 e. The third-order valence-corrected chi connectivity index (χ3v) is 2.49. The molecule has 0 fully saturated rings. The molecule has 0 aliphatic heterocycles. The van der Waals surface area contributed by atoms with Gasteiger partial charge in [-0.25, -0.2) is 9.78 Å². The van der Waals surface area contributed by atoms with Gasteiger partial charge in [0, 0.05) is 18.9 Å². The van der Waals surface area contributed by atoms with E-state index in [1.165, 1.54) is 0 Å². The first-order chi connectivity index (χ1) is 9.10. The second-order valence-corrected chi connectivity index (χ2v) is 4.10. The predicted octanol–water partition coefficient (Wildman–Crippen LogP) is 2.04. The molecule has 0 aromatic carbocycles. The summed E-state index contributed by atoms with van der Waals surface area (Å²) in [5.74, 6) is -0.433. The average molecular weight is 260 g/mol. The van der Waals surface area contributed by atoms with Crippen LogP contribution in [-0.4, -0.2) is 27.3 Å². The van der Waals surface area contributed by atoms with Crippen molar-refractivity contribution in [3.8, 4) is 0 Å². The molecule has 1 N–H and O–H groups in total. The Kier molecular flexibility index (Phi) is 3.79. The van der Waals surface area contributed by atoms with Gasteiger partial charge in [-0.2, -0.15) is 5.10 Å². The first-order valence-electron chi connectivity index (χ1n) is 6.00. The molecule has 0 unspecified atom stereocenters. The minimum atomic E-state index is -0.433. The monoisotopic (exact) mass is 260 g/mol. The fourth-order valence-electron chi connectivity index (χ4n) is 1.65. The molecule has 0 spiro atoms. The minimum absolute atomic E-state index is 0.283. The zero-order valence-corrected chi connectivity index (χ0v) is 11.2. The summed E-state index contributed by atoms with van der Waals surface area (Å²) >= 11 is 0. The molecule has 0 saturated heterocycles. The number of rotatable bonds is 4. The molecular weight excluding hydrogens is 244 g/mol. The lowest BCUT2D eigenvalue weighted by atomic mass is 10.2. The van der Waals surface area contributed by atoms with E-state index in [1.54, 1.807) is 17.8 Å². The van der Waals surface area contributed by atoms with Crippen molar-refractivity contribution >= 4 is 17.3 Å². The molecule has 0 bridgehead atoms. The van der Waals surface area contributed by atoms with Crippen molar-refractivity contribution in [3.05, 3.63) is 35.9 Å². The number of carbonyl (C=O) groups excluding carboxylic acids is 1. The molecule has 0 aliphatic carbocycles. The van der Waals surface area contributed by atoms with Gasteiger partial charge < -0.3 is 10.1 Å². The van der Waals surface area contributed by atoms with Crippen LogP contribution >= 0.6 is 0 Å². The third-order valence-electron chi connectivity index (χ3n) is 2.49. The van der Waals surface area contributed by atoms with E-state index in [0.29, 0.717) is 12.3 Å². The summed E-state index contributed by atoms with van der Waals surface area (Å²) in [7, 11) is 1.82. The number of pyridine rings is 1. The molecular formula is C13H16N4O2. The maximum atomic E-state index is 11.9. The van der Waals surface area contributed by atoms with Gasteiger partial charge in [0.2, 0.25) is 0 Å². The summed E-state index contributed by atoms with van der Waals surface area (Å²) in [5, 5.41) is 7.17. The van der Waals surface area contributed by atoms with E-state index >= 15 is 0 Å². The number of hydrogen-bond acceptors (Lipinski definition) is 5. The summed E-state index contributed by atoms with van der Waals surface area (Å²) in [6.45, 7) is 3.92. The quantitative estimate of drug-likeness (QED) is 0.852. The van der Waals surface area contributed by atoms with E-state index < -0.39 is 5.97 Å². The van der Waals surface area contributed by atoms with Gasteiger partial charge in [0.05, 0.1) is 24.2 Å². The molecule has 0 aliphatic rings. The maximum Gasteiger partial charge on any atom is 0.359 e. The van der Waals surface area contributed by atoms with Gasteiger partial charge in [0.25, 0.3) is 0 Å². The van der Waals surface area contributed by atoms with Crippen LogP contribution in [0.2, 0.25) is 0 Å². The van der Waals surface area contributed by atoms with Crippen LogP contribution in [-0.2, 0) is 11.8 Å². The Balaban J connectivity index is 2.31. The number of nitrogens with zero attached hydrogens (tertiary/aromatic N) is 3. The van der Waals surface area contributed by atoms with Crippen molar-refractivity contribution in [2.75, 3.05) is 11.9 Å². The second-order valence-electron chi connectivity index (χ2n) is 4.10. The average Bonchev–Trinajstić information content (AvgIpc) is 2.77. The van der Waals surface area contributed by atoms with Gasteiger partial charge >= 0.3 is 5.97 Å². The molecule has 6 heteroatoms. The minimum Gasteiger partial charge on any atom is -0.461 e. The van der Waals surface area contributed by atoms with Gasteiger partial charge in [-0.3, -0.25) is 4.68 Å². The number of nitrogens with one attached hydrogen (secondary N) is 1. The lowest BCUT2D eigenvalue weighted by Crippen LogP contribution is -2.11. The Labute approximate surface area is 111 Å². The lowest BCUT2D eigenvalue weighted by molar-refractivity contribution is 0.0520. The van der Waals surface area contributed by atoms with Crippen LogP contribution in [0.1, 0.15) is 23.1 Å². The largest absolute Gasteiger partial charge is 0.461 e. The summed E-state index contributed by atoms with van der Waals surface area (Å²) in [5.41, 5.74) is 2.45. The standard InChI is InChI=1S/C13H16N4O2/c1-4-19-13(18)12-11(6-5-9(2)15-12)16-10-7-14-17(3)8-10/h5-8,16H,4H2,1-3H3. The van der Waals surface area contributed by atoms with Crippen molar-refractivity contribution in [2.24, 2.45) is 7.05 Å². The number of aryl methyl sites for hydroxylation is 2. The molecule has 100 valence electrons. The molecule has 6 nitrogen and oxygen atoms in total. The Morgan fingerprint density at radius 1 is 1.47 bits per heavy atom. The molecule has 19 heavy (non-hydrogen) atoms. The molecule has 0 amide bonds. The first kappa shape index (κ1) is 13.1. The van der Waals surface area contributed by atoms with Crippen LogP contribution in [0.25, 0.3) is 0 Å². The summed E-state index contributed by atoms with van der Waals surface area (Å²) in [6.07, 6.45) is 3.49. The number of aromatic nitrogens is 3. The van der Waals surface area contributed by atoms with E-state index in [-0.39, 0.29) is 5.69 Å². The number of ether oxygens (including phenoxy) is 1. The number of anilines is 2. The fourth-order valence-corrected chi connectivity index (χ4v) is 1.65. The lowest BCUT2D eigenvalue weighted by Gasteiger charge is -2.09. The first-order valence-corrected chi connectivity index (χ1v) is 6.00. The molecule has 2 heterocycles. The third kappa shape index (κ3) is 3.09. The van der Waals surface area contributed by atoms with Crippen molar-refractivity contribution in [1.29, 1.82) is 0 Å². The number of carbonyl (C=O) groups is 1. The Morgan fingerprint density at radius 2 is 2.26 bits per heavy atom. The SMILES string of the molecule is CCOC(=O)c1nc(C)ccc1Nc1cnn(C)c1. The Morgan fingerprint density at radius 3 is 2.89 bits per heavy atom.